The fourth-order valence-corrected chi connectivity index (χ4v) is 3.64. The molecule has 0 aromatic heterocycles. The molecule has 0 saturated heterocycles. The minimum Gasteiger partial charge on any atom is -0.481 e. The first kappa shape index (κ1) is 30.6. The third-order valence-electron chi connectivity index (χ3n) is 5.73. The molecule has 2 rings (SSSR count). The molecule has 39 heavy (non-hydrogen) atoms. The summed E-state index contributed by atoms with van der Waals surface area (Å²) in [7, 11) is 0. The first-order valence-electron chi connectivity index (χ1n) is 12.4. The van der Waals surface area contributed by atoms with Crippen molar-refractivity contribution in [2.75, 3.05) is 13.1 Å². The molecule has 2 atom stereocenters. The van der Waals surface area contributed by atoms with Crippen LogP contribution in [0, 0.1) is 0 Å². The van der Waals surface area contributed by atoms with Crippen LogP contribution in [0.1, 0.15) is 43.2 Å². The summed E-state index contributed by atoms with van der Waals surface area (Å²) in [5.74, 6) is -5.83. The normalized spacial score (nSPS) is 12.2. The lowest BCUT2D eigenvalue weighted by molar-refractivity contribution is -0.159. The molecule has 0 heterocycles. The number of rotatable bonds is 16. The van der Waals surface area contributed by atoms with E-state index < -0.39 is 47.9 Å². The number of carbonyl (C=O) groups excluding carboxylic acids is 2. The Labute approximate surface area is 225 Å². The molecule has 0 saturated carbocycles. The molecule has 1 unspecified atom stereocenters. The van der Waals surface area contributed by atoms with Crippen LogP contribution in [0.5, 0.6) is 5.75 Å². The minimum absolute atomic E-state index is 0.000411. The second kappa shape index (κ2) is 15.6. The van der Waals surface area contributed by atoms with Crippen molar-refractivity contribution in [2.24, 2.45) is 0 Å². The average molecular weight is 544 g/mol. The maximum absolute atomic E-state index is 12.9. The Morgan fingerprint density at radius 2 is 1.46 bits per heavy atom. The van der Waals surface area contributed by atoms with Crippen LogP contribution in [0.3, 0.4) is 0 Å². The largest absolute Gasteiger partial charge is 0.481 e. The lowest BCUT2D eigenvalue weighted by atomic mass is 9.99. The number of aliphatic carboxylic acids is 3. The third kappa shape index (κ3) is 10.3. The summed E-state index contributed by atoms with van der Waals surface area (Å²) >= 11 is 0. The molecule has 0 aliphatic carbocycles. The standard InChI is InChI=1S/C27H33N3O9/c1-2-3-7-14-28-23(31)21(15-17-10-12-19(13-11-17)39-22(25(34)35)26(36)37)30-27(38)29-16-20(24(32)33)18-8-5-4-6-9-18/h4-6,8-13,20-22H,2-3,7,14-16H2,1H3,(H,28,31)(H,32,33)(H,34,35)(H,36,37)(H2,29,30,38)/t20?,21-/m0/s1. The van der Waals surface area contributed by atoms with Crippen molar-refractivity contribution in [1.82, 2.24) is 16.0 Å². The van der Waals surface area contributed by atoms with Gasteiger partial charge < -0.3 is 36.0 Å². The molecule has 6 N–H and O–H groups in total. The van der Waals surface area contributed by atoms with Gasteiger partial charge in [0.15, 0.2) is 0 Å². The highest BCUT2D eigenvalue weighted by Gasteiger charge is 2.28. The van der Waals surface area contributed by atoms with Crippen LogP contribution in [0.4, 0.5) is 4.79 Å². The van der Waals surface area contributed by atoms with E-state index in [0.29, 0.717) is 17.7 Å². The summed E-state index contributed by atoms with van der Waals surface area (Å²) in [6.07, 6.45) is 0.623. The molecule has 0 radical (unpaired) electrons. The van der Waals surface area contributed by atoms with Crippen molar-refractivity contribution < 1.29 is 44.0 Å². The van der Waals surface area contributed by atoms with Gasteiger partial charge in [0.25, 0.3) is 6.10 Å². The minimum atomic E-state index is -2.08. The summed E-state index contributed by atoms with van der Waals surface area (Å²) in [5, 5.41) is 35.4. The topological polar surface area (TPSA) is 191 Å². The summed E-state index contributed by atoms with van der Waals surface area (Å²) in [6, 6.07) is 12.5. The predicted octanol–water partition coefficient (Wildman–Crippen LogP) is 1.99. The summed E-state index contributed by atoms with van der Waals surface area (Å²) in [5.41, 5.74) is 1.09. The van der Waals surface area contributed by atoms with E-state index in [9.17, 15) is 29.1 Å². The molecule has 0 bridgehead atoms. The summed E-state index contributed by atoms with van der Waals surface area (Å²) in [6.45, 7) is 2.25. The molecule has 0 fully saturated rings. The van der Waals surface area contributed by atoms with Crippen molar-refractivity contribution in [3.8, 4) is 5.75 Å². The molecule has 2 aromatic rings. The Kier molecular flexibility index (Phi) is 12.2. The number of hydrogen-bond donors (Lipinski definition) is 6. The zero-order valence-electron chi connectivity index (χ0n) is 21.5. The van der Waals surface area contributed by atoms with E-state index in [1.807, 2.05) is 6.92 Å². The fourth-order valence-electron chi connectivity index (χ4n) is 3.64. The molecule has 0 aliphatic rings. The van der Waals surface area contributed by atoms with Gasteiger partial charge in [0.1, 0.15) is 11.8 Å². The first-order chi connectivity index (χ1) is 18.6. The number of benzene rings is 2. The number of nitrogens with one attached hydrogen (secondary N) is 3. The van der Waals surface area contributed by atoms with Crippen molar-refractivity contribution >= 4 is 29.8 Å². The molecular weight excluding hydrogens is 510 g/mol. The average Bonchev–Trinajstić information content (AvgIpc) is 2.90. The van der Waals surface area contributed by atoms with E-state index >= 15 is 0 Å². The second-order valence-corrected chi connectivity index (χ2v) is 8.73. The maximum Gasteiger partial charge on any atom is 0.356 e. The molecule has 2 aromatic carbocycles. The Hall–Kier alpha value is -4.61. The van der Waals surface area contributed by atoms with Crippen molar-refractivity contribution in [1.29, 1.82) is 0 Å². The molecule has 0 spiro atoms. The highest BCUT2D eigenvalue weighted by molar-refractivity contribution is 5.96. The van der Waals surface area contributed by atoms with E-state index in [0.717, 1.165) is 19.3 Å². The van der Waals surface area contributed by atoms with Crippen molar-refractivity contribution in [3.63, 3.8) is 0 Å². The fraction of sp³-hybridized carbons (Fsp3) is 0.370. The van der Waals surface area contributed by atoms with E-state index in [2.05, 4.69) is 16.0 Å². The number of unbranched alkanes of at least 4 members (excludes halogenated alkanes) is 2. The number of hydrogen-bond acceptors (Lipinski definition) is 6. The zero-order chi connectivity index (χ0) is 28.8. The first-order valence-corrected chi connectivity index (χ1v) is 12.4. The van der Waals surface area contributed by atoms with E-state index in [-0.39, 0.29) is 18.7 Å². The van der Waals surface area contributed by atoms with Gasteiger partial charge in [0.05, 0.1) is 5.92 Å². The number of urea groups is 1. The lowest BCUT2D eigenvalue weighted by Crippen LogP contribution is -2.52. The van der Waals surface area contributed by atoms with E-state index in [1.165, 1.54) is 24.3 Å². The monoisotopic (exact) mass is 543 g/mol. The van der Waals surface area contributed by atoms with Gasteiger partial charge in [-0.3, -0.25) is 9.59 Å². The van der Waals surface area contributed by atoms with Crippen molar-refractivity contribution in [3.05, 3.63) is 65.7 Å². The zero-order valence-corrected chi connectivity index (χ0v) is 21.5. The van der Waals surface area contributed by atoms with Gasteiger partial charge >= 0.3 is 23.9 Å². The predicted molar refractivity (Wildman–Crippen MR) is 140 cm³/mol. The van der Waals surface area contributed by atoms with Gasteiger partial charge in [-0.15, -0.1) is 0 Å². The van der Waals surface area contributed by atoms with E-state index in [1.54, 1.807) is 30.3 Å². The Morgan fingerprint density at radius 3 is 2.03 bits per heavy atom. The second-order valence-electron chi connectivity index (χ2n) is 8.73. The number of carbonyl (C=O) groups is 5. The Balaban J connectivity index is 2.08. The Bertz CT molecular complexity index is 1110. The SMILES string of the molecule is CCCCCNC(=O)[C@H](Cc1ccc(OC(C(=O)O)C(=O)O)cc1)NC(=O)NCC(C(=O)O)c1ccccc1. The van der Waals surface area contributed by atoms with Crippen LogP contribution in [0.15, 0.2) is 54.6 Å². The molecule has 3 amide bonds. The maximum atomic E-state index is 12.9. The van der Waals surface area contributed by atoms with Crippen LogP contribution in [0.25, 0.3) is 0 Å². The molecule has 12 heteroatoms. The molecule has 12 nitrogen and oxygen atoms in total. The summed E-state index contributed by atoms with van der Waals surface area (Å²) in [4.78, 5) is 59.3. The van der Waals surface area contributed by atoms with Gasteiger partial charge in [0.2, 0.25) is 5.91 Å². The van der Waals surface area contributed by atoms with Crippen LogP contribution in [0.2, 0.25) is 0 Å². The third-order valence-corrected chi connectivity index (χ3v) is 5.73. The van der Waals surface area contributed by atoms with Gasteiger partial charge in [-0.2, -0.15) is 0 Å². The van der Waals surface area contributed by atoms with Crippen LogP contribution >= 0.6 is 0 Å². The number of carboxylic acid groups (broad SMARTS) is 3. The highest BCUT2D eigenvalue weighted by atomic mass is 16.5. The van der Waals surface area contributed by atoms with Gasteiger partial charge in [0, 0.05) is 19.5 Å². The van der Waals surface area contributed by atoms with Crippen LogP contribution in [-0.2, 0) is 25.6 Å². The highest BCUT2D eigenvalue weighted by Crippen LogP contribution is 2.17. The van der Waals surface area contributed by atoms with Gasteiger partial charge in [-0.1, -0.05) is 62.2 Å². The molecule has 0 aliphatic heterocycles. The Morgan fingerprint density at radius 1 is 0.821 bits per heavy atom. The van der Waals surface area contributed by atoms with Crippen LogP contribution < -0.4 is 20.7 Å². The number of amides is 3. The molecule has 210 valence electrons. The van der Waals surface area contributed by atoms with Crippen molar-refractivity contribution in [2.45, 2.75) is 50.7 Å². The lowest BCUT2D eigenvalue weighted by Gasteiger charge is -2.20. The molecular formula is C27H33N3O9. The van der Waals surface area contributed by atoms with Gasteiger partial charge in [-0.25, -0.2) is 14.4 Å². The summed E-state index contributed by atoms with van der Waals surface area (Å²) < 4.78 is 4.99. The number of ether oxygens (including phenoxy) is 1. The van der Waals surface area contributed by atoms with E-state index in [4.69, 9.17) is 14.9 Å². The number of carboxylic acids is 3. The van der Waals surface area contributed by atoms with Crippen LogP contribution in [-0.4, -0.2) is 70.4 Å². The smallest absolute Gasteiger partial charge is 0.356 e. The quantitative estimate of drug-likeness (QED) is 0.136. The van der Waals surface area contributed by atoms with Gasteiger partial charge in [-0.05, 0) is 29.7 Å².